The van der Waals surface area contributed by atoms with Crippen LogP contribution in [-0.4, -0.2) is 31.6 Å². The number of Topliss-reactive ketones (excluding diaryl/α,β-unsaturated/α-hetero) is 1. The zero-order valence-corrected chi connectivity index (χ0v) is 18.6. The van der Waals surface area contributed by atoms with Crippen molar-refractivity contribution in [2.45, 2.75) is 70.8 Å². The van der Waals surface area contributed by atoms with Crippen molar-refractivity contribution in [2.24, 2.45) is 0 Å². The van der Waals surface area contributed by atoms with E-state index in [0.717, 1.165) is 55.5 Å². The molecule has 4 rings (SSSR count). The van der Waals surface area contributed by atoms with Crippen molar-refractivity contribution in [3.63, 3.8) is 0 Å². The van der Waals surface area contributed by atoms with Crippen molar-refractivity contribution >= 4 is 11.8 Å². The number of esters is 1. The summed E-state index contributed by atoms with van der Waals surface area (Å²) in [6, 6.07) is 5.65. The van der Waals surface area contributed by atoms with E-state index < -0.39 is 5.92 Å². The van der Waals surface area contributed by atoms with Crippen molar-refractivity contribution in [1.29, 1.82) is 0 Å². The topological polar surface area (TPSA) is 73.9 Å². The summed E-state index contributed by atoms with van der Waals surface area (Å²) in [7, 11) is 1.59. The van der Waals surface area contributed by atoms with E-state index in [2.05, 4.69) is 5.32 Å². The molecule has 1 atom stereocenters. The van der Waals surface area contributed by atoms with Crippen LogP contribution in [0.4, 0.5) is 0 Å². The number of methoxy groups -OCH3 is 1. The average molecular weight is 426 g/mol. The first-order valence-corrected chi connectivity index (χ1v) is 11.3. The van der Waals surface area contributed by atoms with Gasteiger partial charge in [-0.05, 0) is 70.1 Å². The van der Waals surface area contributed by atoms with Crippen molar-refractivity contribution in [1.82, 2.24) is 5.32 Å². The van der Waals surface area contributed by atoms with Gasteiger partial charge in [-0.2, -0.15) is 0 Å². The van der Waals surface area contributed by atoms with E-state index in [9.17, 15) is 9.59 Å². The van der Waals surface area contributed by atoms with Gasteiger partial charge in [-0.1, -0.05) is 6.07 Å². The Balaban J connectivity index is 1.78. The molecule has 1 aromatic carbocycles. The number of allylic oxidation sites excluding steroid dienone is 3. The van der Waals surface area contributed by atoms with E-state index in [-0.39, 0.29) is 17.9 Å². The largest absolute Gasteiger partial charge is 0.493 e. The van der Waals surface area contributed by atoms with Gasteiger partial charge in [0.1, 0.15) is 6.10 Å². The fourth-order valence-electron chi connectivity index (χ4n) is 4.95. The van der Waals surface area contributed by atoms with Gasteiger partial charge in [0, 0.05) is 29.3 Å². The van der Waals surface area contributed by atoms with Crippen molar-refractivity contribution in [3.05, 3.63) is 46.3 Å². The molecule has 1 N–H and O–H groups in total. The van der Waals surface area contributed by atoms with Crippen LogP contribution in [0.3, 0.4) is 0 Å². The number of carbonyl (C=O) groups excluding carboxylic acids is 2. The zero-order valence-electron chi connectivity index (χ0n) is 18.6. The SMILES string of the molecule is CCOc1ccc([C@H]2C(C(=O)OC3CCCC3)=C(C)NC3=C2C(=O)CCC3)cc1OC. The molecule has 1 aromatic rings. The van der Waals surface area contributed by atoms with Gasteiger partial charge in [0.05, 0.1) is 19.3 Å². The second-order valence-corrected chi connectivity index (χ2v) is 8.42. The number of hydrogen-bond acceptors (Lipinski definition) is 6. The van der Waals surface area contributed by atoms with Gasteiger partial charge in [-0.15, -0.1) is 0 Å². The summed E-state index contributed by atoms with van der Waals surface area (Å²) in [5.41, 5.74) is 3.72. The third-order valence-electron chi connectivity index (χ3n) is 6.39. The zero-order chi connectivity index (χ0) is 22.0. The van der Waals surface area contributed by atoms with Gasteiger partial charge >= 0.3 is 5.97 Å². The van der Waals surface area contributed by atoms with Gasteiger partial charge in [0.15, 0.2) is 17.3 Å². The molecule has 3 aliphatic rings. The van der Waals surface area contributed by atoms with E-state index in [1.54, 1.807) is 7.11 Å². The normalized spacial score (nSPS) is 21.6. The Morgan fingerprint density at radius 1 is 1.13 bits per heavy atom. The molecule has 1 saturated carbocycles. The highest BCUT2D eigenvalue weighted by Gasteiger charge is 2.40. The smallest absolute Gasteiger partial charge is 0.337 e. The highest BCUT2D eigenvalue weighted by molar-refractivity contribution is 6.03. The van der Waals surface area contributed by atoms with Crippen LogP contribution in [0.1, 0.15) is 70.3 Å². The molecule has 0 amide bonds. The average Bonchev–Trinajstić information content (AvgIpc) is 3.26. The Morgan fingerprint density at radius 2 is 1.90 bits per heavy atom. The minimum atomic E-state index is -0.470. The monoisotopic (exact) mass is 425 g/mol. The molecule has 0 bridgehead atoms. The maximum Gasteiger partial charge on any atom is 0.337 e. The van der Waals surface area contributed by atoms with Gasteiger partial charge in [-0.3, -0.25) is 4.79 Å². The second-order valence-electron chi connectivity index (χ2n) is 8.42. The van der Waals surface area contributed by atoms with Crippen molar-refractivity contribution in [3.8, 4) is 11.5 Å². The molecule has 6 nitrogen and oxygen atoms in total. The number of rotatable bonds is 6. The van der Waals surface area contributed by atoms with Gasteiger partial charge < -0.3 is 19.5 Å². The maximum atomic E-state index is 13.3. The van der Waals surface area contributed by atoms with E-state index in [1.807, 2.05) is 32.0 Å². The van der Waals surface area contributed by atoms with E-state index in [0.29, 0.717) is 35.7 Å². The van der Waals surface area contributed by atoms with Crippen LogP contribution >= 0.6 is 0 Å². The van der Waals surface area contributed by atoms with Crippen LogP contribution < -0.4 is 14.8 Å². The van der Waals surface area contributed by atoms with Crippen LogP contribution in [0, 0.1) is 0 Å². The Kier molecular flexibility index (Phi) is 6.35. The van der Waals surface area contributed by atoms with E-state index >= 15 is 0 Å². The Bertz CT molecular complexity index is 939. The summed E-state index contributed by atoms with van der Waals surface area (Å²) >= 11 is 0. The van der Waals surface area contributed by atoms with Gasteiger partial charge in [0.2, 0.25) is 0 Å². The quantitative estimate of drug-likeness (QED) is 0.674. The summed E-state index contributed by atoms with van der Waals surface area (Å²) in [6.45, 7) is 4.34. The third-order valence-corrected chi connectivity index (χ3v) is 6.39. The fourth-order valence-corrected chi connectivity index (χ4v) is 4.95. The summed E-state index contributed by atoms with van der Waals surface area (Å²) in [4.78, 5) is 26.4. The van der Waals surface area contributed by atoms with Gasteiger partial charge in [-0.25, -0.2) is 4.79 Å². The highest BCUT2D eigenvalue weighted by atomic mass is 16.5. The second kappa shape index (κ2) is 9.16. The molecule has 6 heteroatoms. The molecule has 166 valence electrons. The summed E-state index contributed by atoms with van der Waals surface area (Å²) < 4.78 is 17.1. The molecular weight excluding hydrogens is 394 g/mol. The Hall–Kier alpha value is -2.76. The van der Waals surface area contributed by atoms with Crippen LogP contribution in [0.25, 0.3) is 0 Å². The molecule has 0 spiro atoms. The third kappa shape index (κ3) is 4.21. The number of dihydropyridines is 1. The predicted molar refractivity (Wildman–Crippen MR) is 117 cm³/mol. The lowest BCUT2D eigenvalue weighted by Gasteiger charge is -2.34. The van der Waals surface area contributed by atoms with Crippen molar-refractivity contribution < 1.29 is 23.8 Å². The maximum absolute atomic E-state index is 13.3. The van der Waals surface area contributed by atoms with Gasteiger partial charge in [0.25, 0.3) is 0 Å². The lowest BCUT2D eigenvalue weighted by atomic mass is 9.75. The standard InChI is InChI=1S/C25H31NO5/c1-4-30-20-13-12-16(14-21(20)29-3)23-22(25(28)31-17-8-5-6-9-17)15(2)26-18-10-7-11-19(27)24(18)23/h12-14,17,23,26H,4-11H2,1-3H3/t23-/m0/s1. The first-order valence-electron chi connectivity index (χ1n) is 11.3. The van der Waals surface area contributed by atoms with E-state index in [4.69, 9.17) is 14.2 Å². The number of benzene rings is 1. The molecule has 0 aromatic heterocycles. The molecule has 0 saturated heterocycles. The van der Waals surface area contributed by atoms with Crippen LogP contribution in [-0.2, 0) is 14.3 Å². The number of ketones is 1. The van der Waals surface area contributed by atoms with Crippen LogP contribution in [0.15, 0.2) is 40.7 Å². The van der Waals surface area contributed by atoms with E-state index in [1.165, 1.54) is 0 Å². The van der Waals surface area contributed by atoms with Crippen LogP contribution in [0.5, 0.6) is 11.5 Å². The lowest BCUT2D eigenvalue weighted by molar-refractivity contribution is -0.144. The molecule has 1 fully saturated rings. The molecule has 0 unspecified atom stereocenters. The summed E-state index contributed by atoms with van der Waals surface area (Å²) in [5, 5.41) is 3.35. The fraction of sp³-hybridized carbons (Fsp3) is 0.520. The highest BCUT2D eigenvalue weighted by Crippen LogP contribution is 2.44. The summed E-state index contributed by atoms with van der Waals surface area (Å²) in [6.07, 6.45) is 6.05. The first kappa shape index (κ1) is 21.5. The molecule has 31 heavy (non-hydrogen) atoms. The Morgan fingerprint density at radius 3 is 2.61 bits per heavy atom. The minimum absolute atomic E-state index is 0.0410. The molecule has 0 radical (unpaired) electrons. The first-order chi connectivity index (χ1) is 15.0. The van der Waals surface area contributed by atoms with Crippen molar-refractivity contribution in [2.75, 3.05) is 13.7 Å². The minimum Gasteiger partial charge on any atom is -0.493 e. The van der Waals surface area contributed by atoms with Crippen LogP contribution in [0.2, 0.25) is 0 Å². The Labute approximate surface area is 183 Å². The molecular formula is C25H31NO5. The summed E-state index contributed by atoms with van der Waals surface area (Å²) in [5.74, 6) is 0.513. The number of hydrogen-bond donors (Lipinski definition) is 1. The number of carbonyl (C=O) groups is 2. The lowest BCUT2D eigenvalue weighted by Crippen LogP contribution is -2.35. The molecule has 1 heterocycles. The number of nitrogens with one attached hydrogen (secondary N) is 1. The molecule has 2 aliphatic carbocycles. The number of ether oxygens (including phenoxy) is 3. The molecule has 1 aliphatic heterocycles. The predicted octanol–water partition coefficient (Wildman–Crippen LogP) is 4.55.